The Kier molecular flexibility index (Phi) is 8.95. The summed E-state index contributed by atoms with van der Waals surface area (Å²) in [5.74, 6) is -0.00309. The van der Waals surface area contributed by atoms with Crippen molar-refractivity contribution in [2.45, 2.75) is 0 Å². The lowest BCUT2D eigenvalue weighted by atomic mass is 10.1. The molecular weight excluding hydrogens is 577 g/mol. The van der Waals surface area contributed by atoms with Crippen molar-refractivity contribution in [1.82, 2.24) is 4.90 Å². The number of rotatable bonds is 7. The van der Waals surface area contributed by atoms with Crippen molar-refractivity contribution in [3.8, 4) is 11.3 Å². The van der Waals surface area contributed by atoms with E-state index in [1.807, 2.05) is 23.1 Å². The third-order valence-corrected chi connectivity index (χ3v) is 7.67. The summed E-state index contributed by atoms with van der Waals surface area (Å²) >= 11 is 12.4. The number of carbonyl (C=O) groups excluding carboxylic acids is 3. The second-order valence-corrected chi connectivity index (χ2v) is 10.3. The third-order valence-electron chi connectivity index (χ3n) is 6.85. The molecule has 4 aromatic rings. The largest absolute Gasteiger partial charge is 0.465 e. The number of amides is 2. The summed E-state index contributed by atoms with van der Waals surface area (Å²) in [7, 11) is 1.30. The van der Waals surface area contributed by atoms with Gasteiger partial charge >= 0.3 is 5.97 Å². The molecule has 1 aromatic heterocycles. The normalized spacial score (nSPS) is 13.3. The Morgan fingerprint density at radius 1 is 0.881 bits per heavy atom. The molecule has 1 saturated heterocycles. The van der Waals surface area contributed by atoms with Crippen molar-refractivity contribution in [3.63, 3.8) is 0 Å². The Bertz CT molecular complexity index is 1640. The highest BCUT2D eigenvalue weighted by atomic mass is 35.5. The smallest absolute Gasteiger partial charge is 0.337 e. The predicted molar refractivity (Wildman–Crippen MR) is 164 cm³/mol. The molecule has 42 heavy (non-hydrogen) atoms. The molecule has 1 aliphatic heterocycles. The first-order valence-electron chi connectivity index (χ1n) is 13.2. The molecule has 1 N–H and O–H groups in total. The van der Waals surface area contributed by atoms with Gasteiger partial charge in [0, 0.05) is 43.4 Å². The number of furan rings is 1. The average molecular weight is 604 g/mol. The molecule has 214 valence electrons. The minimum Gasteiger partial charge on any atom is -0.465 e. The van der Waals surface area contributed by atoms with Gasteiger partial charge in [-0.25, -0.2) is 4.79 Å². The molecule has 0 unspecified atom stereocenters. The van der Waals surface area contributed by atoms with E-state index in [0.29, 0.717) is 70.1 Å². The Labute approximate surface area is 253 Å². The summed E-state index contributed by atoms with van der Waals surface area (Å²) in [5.41, 5.74) is 2.76. The summed E-state index contributed by atoms with van der Waals surface area (Å²) in [6.07, 6.45) is 2.88. The van der Waals surface area contributed by atoms with Crippen LogP contribution in [0, 0.1) is 0 Å². The number of nitrogens with one attached hydrogen (secondary N) is 1. The molecule has 0 bridgehead atoms. The van der Waals surface area contributed by atoms with E-state index in [0.717, 1.165) is 5.69 Å². The number of benzene rings is 3. The number of hydrogen-bond donors (Lipinski definition) is 1. The minimum atomic E-state index is -0.520. The molecule has 0 radical (unpaired) electrons. The predicted octanol–water partition coefficient (Wildman–Crippen LogP) is 6.65. The Morgan fingerprint density at radius 3 is 2.38 bits per heavy atom. The van der Waals surface area contributed by atoms with Crippen LogP contribution in [0.4, 0.5) is 11.4 Å². The number of esters is 1. The molecule has 0 spiro atoms. The Morgan fingerprint density at radius 2 is 1.64 bits per heavy atom. The van der Waals surface area contributed by atoms with Gasteiger partial charge in [0.2, 0.25) is 5.91 Å². The van der Waals surface area contributed by atoms with E-state index in [1.54, 1.807) is 60.7 Å². The molecule has 0 aliphatic carbocycles. The van der Waals surface area contributed by atoms with Gasteiger partial charge in [0.15, 0.2) is 0 Å². The van der Waals surface area contributed by atoms with E-state index in [9.17, 15) is 14.4 Å². The SMILES string of the molecule is COC(=O)c1ccc(N2CCN(C(=O)c3ccccc3)CC2)c(NC(=O)/C=C/c2ccc(-c3cccc(Cl)c3Cl)o2)c1. The quantitative estimate of drug-likeness (QED) is 0.188. The summed E-state index contributed by atoms with van der Waals surface area (Å²) in [5, 5.41) is 3.67. The van der Waals surface area contributed by atoms with E-state index in [2.05, 4.69) is 10.2 Å². The minimum absolute atomic E-state index is 0.0198. The summed E-state index contributed by atoms with van der Waals surface area (Å²) in [4.78, 5) is 42.0. The number of carbonyl (C=O) groups is 3. The zero-order valence-electron chi connectivity index (χ0n) is 22.7. The van der Waals surface area contributed by atoms with Crippen LogP contribution >= 0.6 is 23.2 Å². The van der Waals surface area contributed by atoms with E-state index in [1.165, 1.54) is 19.3 Å². The highest BCUT2D eigenvalue weighted by Crippen LogP contribution is 2.34. The fourth-order valence-electron chi connectivity index (χ4n) is 4.68. The van der Waals surface area contributed by atoms with Crippen molar-refractivity contribution >= 4 is 58.4 Å². The van der Waals surface area contributed by atoms with Gasteiger partial charge in [0.1, 0.15) is 11.5 Å². The van der Waals surface area contributed by atoms with Gasteiger partial charge < -0.3 is 24.3 Å². The van der Waals surface area contributed by atoms with Crippen molar-refractivity contribution in [1.29, 1.82) is 0 Å². The topological polar surface area (TPSA) is 92.1 Å². The van der Waals surface area contributed by atoms with Crippen LogP contribution in [0.2, 0.25) is 10.0 Å². The molecule has 0 saturated carbocycles. The summed E-state index contributed by atoms with van der Waals surface area (Å²) < 4.78 is 10.7. The van der Waals surface area contributed by atoms with Crippen molar-refractivity contribution in [3.05, 3.63) is 112 Å². The molecule has 5 rings (SSSR count). The van der Waals surface area contributed by atoms with Crippen molar-refractivity contribution in [2.75, 3.05) is 43.5 Å². The van der Waals surface area contributed by atoms with Crippen LogP contribution in [-0.4, -0.2) is 56.0 Å². The maximum Gasteiger partial charge on any atom is 0.337 e. The Hall–Kier alpha value is -4.53. The molecule has 0 atom stereocenters. The number of anilines is 2. The first kappa shape index (κ1) is 29.0. The number of ether oxygens (including phenoxy) is 1. The van der Waals surface area contributed by atoms with Crippen LogP contribution in [0.5, 0.6) is 0 Å². The van der Waals surface area contributed by atoms with Gasteiger partial charge in [-0.2, -0.15) is 0 Å². The number of nitrogens with zero attached hydrogens (tertiary/aromatic N) is 2. The van der Waals surface area contributed by atoms with Crippen LogP contribution < -0.4 is 10.2 Å². The molecule has 2 heterocycles. The van der Waals surface area contributed by atoms with Crippen molar-refractivity contribution in [2.24, 2.45) is 0 Å². The zero-order chi connectivity index (χ0) is 29.6. The number of methoxy groups -OCH3 is 1. The Balaban J connectivity index is 1.30. The molecule has 1 aliphatic rings. The fraction of sp³-hybridized carbons (Fsp3) is 0.156. The van der Waals surface area contributed by atoms with E-state index in [-0.39, 0.29) is 5.91 Å². The lowest BCUT2D eigenvalue weighted by Gasteiger charge is -2.37. The molecular formula is C32H27Cl2N3O5. The first-order valence-corrected chi connectivity index (χ1v) is 13.9. The summed E-state index contributed by atoms with van der Waals surface area (Å²) in [6.45, 7) is 2.13. The van der Waals surface area contributed by atoms with E-state index < -0.39 is 11.9 Å². The van der Waals surface area contributed by atoms with Crippen LogP contribution in [0.25, 0.3) is 17.4 Å². The number of halogens is 2. The first-order chi connectivity index (χ1) is 20.3. The maximum atomic E-state index is 13.0. The van der Waals surface area contributed by atoms with Gasteiger partial charge in [0.05, 0.1) is 34.1 Å². The maximum absolute atomic E-state index is 13.0. The van der Waals surface area contributed by atoms with Crippen LogP contribution in [0.15, 0.2) is 89.4 Å². The lowest BCUT2D eigenvalue weighted by molar-refractivity contribution is -0.111. The second-order valence-electron chi connectivity index (χ2n) is 9.49. The molecule has 10 heteroatoms. The molecule has 1 fully saturated rings. The van der Waals surface area contributed by atoms with E-state index >= 15 is 0 Å². The second kappa shape index (κ2) is 13.0. The van der Waals surface area contributed by atoms with Crippen LogP contribution in [0.3, 0.4) is 0 Å². The van der Waals surface area contributed by atoms with Gasteiger partial charge in [0.25, 0.3) is 5.91 Å². The van der Waals surface area contributed by atoms with Crippen LogP contribution in [-0.2, 0) is 9.53 Å². The van der Waals surface area contributed by atoms with E-state index in [4.69, 9.17) is 32.4 Å². The molecule has 3 aromatic carbocycles. The van der Waals surface area contributed by atoms with Gasteiger partial charge in [-0.05, 0) is 60.7 Å². The van der Waals surface area contributed by atoms with Gasteiger partial charge in [-0.3, -0.25) is 9.59 Å². The zero-order valence-corrected chi connectivity index (χ0v) is 24.2. The lowest BCUT2D eigenvalue weighted by Crippen LogP contribution is -2.49. The number of piperazine rings is 1. The monoisotopic (exact) mass is 603 g/mol. The van der Waals surface area contributed by atoms with Gasteiger partial charge in [-0.1, -0.05) is 47.5 Å². The van der Waals surface area contributed by atoms with Crippen LogP contribution in [0.1, 0.15) is 26.5 Å². The van der Waals surface area contributed by atoms with Crippen molar-refractivity contribution < 1.29 is 23.5 Å². The standard InChI is InChI=1S/C32H27Cl2N3O5/c1-41-32(40)22-10-13-27(36-16-18-37(19-17-36)31(39)21-6-3-2-4-7-21)26(20-22)35-29(38)15-12-23-11-14-28(42-23)24-8-5-9-25(33)30(24)34/h2-15,20H,16-19H2,1H3,(H,35,38)/b15-12+. The third kappa shape index (κ3) is 6.51. The molecule has 8 nitrogen and oxygen atoms in total. The van der Waals surface area contributed by atoms with Gasteiger partial charge in [-0.15, -0.1) is 0 Å². The fourth-order valence-corrected chi connectivity index (χ4v) is 5.08. The average Bonchev–Trinajstić information content (AvgIpc) is 3.50. The highest BCUT2D eigenvalue weighted by molar-refractivity contribution is 6.43. The number of hydrogen-bond acceptors (Lipinski definition) is 6. The molecule has 2 amide bonds. The highest BCUT2D eigenvalue weighted by Gasteiger charge is 2.24. The summed E-state index contributed by atoms with van der Waals surface area (Å²) in [6, 6.07) is 22.9.